The highest BCUT2D eigenvalue weighted by molar-refractivity contribution is 5.96. The van der Waals surface area contributed by atoms with Gasteiger partial charge in [-0.2, -0.15) is 0 Å². The van der Waals surface area contributed by atoms with Gasteiger partial charge in [0.25, 0.3) is 5.91 Å². The van der Waals surface area contributed by atoms with Crippen LogP contribution >= 0.6 is 0 Å². The van der Waals surface area contributed by atoms with Crippen molar-refractivity contribution in [2.75, 3.05) is 18.0 Å². The number of nitrogens with zero attached hydrogens (tertiary/aromatic N) is 2. The summed E-state index contributed by atoms with van der Waals surface area (Å²) in [5.41, 5.74) is 6.90. The summed E-state index contributed by atoms with van der Waals surface area (Å²) >= 11 is 0. The summed E-state index contributed by atoms with van der Waals surface area (Å²) in [6, 6.07) is 13.8. The normalized spacial score (nSPS) is 12.7. The number of hydrogen-bond acceptors (Lipinski definition) is 4. The van der Waals surface area contributed by atoms with Gasteiger partial charge in [0.2, 0.25) is 5.91 Å². The zero-order chi connectivity index (χ0) is 22.0. The van der Waals surface area contributed by atoms with E-state index in [1.807, 2.05) is 62.1 Å². The molecule has 0 saturated carbocycles. The highest BCUT2D eigenvalue weighted by Crippen LogP contribution is 2.32. The molecule has 0 aliphatic carbocycles. The van der Waals surface area contributed by atoms with Crippen LogP contribution in [0.5, 0.6) is 0 Å². The van der Waals surface area contributed by atoms with Gasteiger partial charge in [0, 0.05) is 36.3 Å². The molecule has 0 radical (unpaired) electrons. The van der Waals surface area contributed by atoms with Crippen molar-refractivity contribution >= 4 is 17.5 Å². The molecule has 0 saturated heterocycles. The third-order valence-corrected chi connectivity index (χ3v) is 5.90. The first kappa shape index (κ1) is 20.8. The van der Waals surface area contributed by atoms with Crippen LogP contribution in [0.2, 0.25) is 0 Å². The monoisotopic (exact) mass is 417 g/mol. The van der Waals surface area contributed by atoms with Gasteiger partial charge in [-0.05, 0) is 67.6 Å². The molecule has 1 N–H and O–H groups in total. The van der Waals surface area contributed by atoms with E-state index in [0.717, 1.165) is 46.8 Å². The molecule has 160 valence electrons. The molecular weight excluding hydrogens is 390 g/mol. The number of rotatable bonds is 6. The lowest BCUT2D eigenvalue weighted by molar-refractivity contribution is -0.118. The summed E-state index contributed by atoms with van der Waals surface area (Å²) < 4.78 is 5.16. The van der Waals surface area contributed by atoms with Gasteiger partial charge in [-0.1, -0.05) is 30.3 Å². The van der Waals surface area contributed by atoms with E-state index in [9.17, 15) is 9.59 Å². The van der Waals surface area contributed by atoms with Crippen molar-refractivity contribution in [1.82, 2.24) is 10.5 Å². The molecule has 1 aromatic heterocycles. The van der Waals surface area contributed by atoms with Crippen molar-refractivity contribution in [3.8, 4) is 11.1 Å². The fourth-order valence-electron chi connectivity index (χ4n) is 4.11. The SMILES string of the molecule is CCC(=O)N1CCc2cc(-c3ccc(C(=O)NCCc4c(C)noc4C)cc3)ccc21. The van der Waals surface area contributed by atoms with E-state index in [4.69, 9.17) is 4.52 Å². The zero-order valence-electron chi connectivity index (χ0n) is 18.2. The summed E-state index contributed by atoms with van der Waals surface area (Å²) in [6.45, 7) is 6.96. The Morgan fingerprint density at radius 1 is 1.10 bits per heavy atom. The van der Waals surface area contributed by atoms with Crippen LogP contribution in [0.4, 0.5) is 5.69 Å². The number of fused-ring (bicyclic) bond motifs is 1. The maximum atomic E-state index is 12.5. The largest absolute Gasteiger partial charge is 0.361 e. The van der Waals surface area contributed by atoms with Crippen molar-refractivity contribution in [3.63, 3.8) is 0 Å². The van der Waals surface area contributed by atoms with Crippen LogP contribution in [0.15, 0.2) is 47.0 Å². The van der Waals surface area contributed by atoms with Gasteiger partial charge in [0.15, 0.2) is 0 Å². The van der Waals surface area contributed by atoms with E-state index in [1.54, 1.807) is 0 Å². The van der Waals surface area contributed by atoms with Crippen LogP contribution in [0.3, 0.4) is 0 Å². The standard InChI is InChI=1S/C25H27N3O3/c1-4-24(29)28-14-12-21-15-20(9-10-23(21)28)18-5-7-19(8-6-18)25(30)26-13-11-22-16(2)27-31-17(22)3/h5-10,15H,4,11-14H2,1-3H3,(H,26,30). The number of carbonyl (C=O) groups is 2. The lowest BCUT2D eigenvalue weighted by atomic mass is 10.0. The number of aryl methyl sites for hydroxylation is 2. The first-order valence-corrected chi connectivity index (χ1v) is 10.7. The summed E-state index contributed by atoms with van der Waals surface area (Å²) in [4.78, 5) is 26.4. The Bertz CT molecular complexity index is 1100. The Balaban J connectivity index is 1.40. The second kappa shape index (κ2) is 8.76. The number of anilines is 1. The lowest BCUT2D eigenvalue weighted by Gasteiger charge is -2.16. The van der Waals surface area contributed by atoms with Gasteiger partial charge in [-0.3, -0.25) is 9.59 Å². The topological polar surface area (TPSA) is 75.4 Å². The lowest BCUT2D eigenvalue weighted by Crippen LogP contribution is -2.27. The molecule has 1 aliphatic rings. The highest BCUT2D eigenvalue weighted by atomic mass is 16.5. The molecule has 1 aliphatic heterocycles. The number of aromatic nitrogens is 1. The summed E-state index contributed by atoms with van der Waals surface area (Å²) in [5.74, 6) is 0.866. The maximum Gasteiger partial charge on any atom is 0.251 e. The molecule has 0 atom stereocenters. The highest BCUT2D eigenvalue weighted by Gasteiger charge is 2.23. The van der Waals surface area contributed by atoms with Crippen LogP contribution in [0, 0.1) is 13.8 Å². The fraction of sp³-hybridized carbons (Fsp3) is 0.320. The Morgan fingerprint density at radius 3 is 2.52 bits per heavy atom. The quantitative estimate of drug-likeness (QED) is 0.651. The Labute approximate surface area is 182 Å². The van der Waals surface area contributed by atoms with Crippen LogP contribution in [-0.4, -0.2) is 30.1 Å². The molecule has 6 nitrogen and oxygen atoms in total. The van der Waals surface area contributed by atoms with Gasteiger partial charge < -0.3 is 14.7 Å². The predicted molar refractivity (Wildman–Crippen MR) is 120 cm³/mol. The van der Waals surface area contributed by atoms with Gasteiger partial charge in [-0.25, -0.2) is 0 Å². The molecule has 6 heteroatoms. The van der Waals surface area contributed by atoms with Gasteiger partial charge in [0.05, 0.1) is 5.69 Å². The van der Waals surface area contributed by atoms with E-state index < -0.39 is 0 Å². The molecular formula is C25H27N3O3. The van der Waals surface area contributed by atoms with Crippen molar-refractivity contribution in [1.29, 1.82) is 0 Å². The van der Waals surface area contributed by atoms with E-state index in [0.29, 0.717) is 24.9 Å². The van der Waals surface area contributed by atoms with Crippen LogP contribution < -0.4 is 10.2 Å². The number of benzene rings is 2. The number of amides is 2. The molecule has 0 spiro atoms. The van der Waals surface area contributed by atoms with Crippen molar-refractivity contribution < 1.29 is 14.1 Å². The van der Waals surface area contributed by atoms with Crippen molar-refractivity contribution in [3.05, 3.63) is 70.6 Å². The maximum absolute atomic E-state index is 12.5. The third-order valence-electron chi connectivity index (χ3n) is 5.90. The average molecular weight is 418 g/mol. The van der Waals surface area contributed by atoms with E-state index in [2.05, 4.69) is 16.5 Å². The summed E-state index contributed by atoms with van der Waals surface area (Å²) in [6.07, 6.45) is 2.08. The van der Waals surface area contributed by atoms with Gasteiger partial charge in [0.1, 0.15) is 5.76 Å². The Morgan fingerprint density at radius 2 is 1.84 bits per heavy atom. The second-order valence-corrected chi connectivity index (χ2v) is 7.88. The van der Waals surface area contributed by atoms with Crippen LogP contribution in [0.25, 0.3) is 11.1 Å². The summed E-state index contributed by atoms with van der Waals surface area (Å²) in [7, 11) is 0. The van der Waals surface area contributed by atoms with Crippen molar-refractivity contribution in [2.24, 2.45) is 0 Å². The summed E-state index contributed by atoms with van der Waals surface area (Å²) in [5, 5.41) is 6.90. The second-order valence-electron chi connectivity index (χ2n) is 7.88. The zero-order valence-corrected chi connectivity index (χ0v) is 18.2. The Hall–Kier alpha value is -3.41. The Kier molecular flexibility index (Phi) is 5.89. The van der Waals surface area contributed by atoms with E-state index >= 15 is 0 Å². The number of carbonyl (C=O) groups excluding carboxylic acids is 2. The van der Waals surface area contributed by atoms with Gasteiger partial charge in [-0.15, -0.1) is 0 Å². The molecule has 4 rings (SSSR count). The minimum absolute atomic E-state index is 0.0963. The number of hydrogen-bond donors (Lipinski definition) is 1. The molecule has 3 aromatic rings. The minimum atomic E-state index is -0.0963. The minimum Gasteiger partial charge on any atom is -0.361 e. The molecule has 0 fully saturated rings. The average Bonchev–Trinajstić information content (AvgIpc) is 3.36. The fourth-order valence-corrected chi connectivity index (χ4v) is 4.11. The molecule has 0 unspecified atom stereocenters. The first-order valence-electron chi connectivity index (χ1n) is 10.7. The van der Waals surface area contributed by atoms with Crippen LogP contribution in [0.1, 0.15) is 46.3 Å². The third kappa shape index (κ3) is 4.24. The molecule has 2 amide bonds. The van der Waals surface area contributed by atoms with E-state index in [-0.39, 0.29) is 11.8 Å². The predicted octanol–water partition coefficient (Wildman–Crippen LogP) is 4.23. The van der Waals surface area contributed by atoms with Gasteiger partial charge >= 0.3 is 0 Å². The van der Waals surface area contributed by atoms with Crippen molar-refractivity contribution in [2.45, 2.75) is 40.0 Å². The first-order chi connectivity index (χ1) is 15.0. The number of nitrogens with one attached hydrogen (secondary N) is 1. The molecule has 2 aromatic carbocycles. The van der Waals surface area contributed by atoms with E-state index in [1.165, 1.54) is 5.56 Å². The molecule has 31 heavy (non-hydrogen) atoms. The molecule has 2 heterocycles. The van der Waals surface area contributed by atoms with Crippen LogP contribution in [-0.2, 0) is 17.6 Å². The molecule has 0 bridgehead atoms. The smallest absolute Gasteiger partial charge is 0.251 e.